The predicted octanol–water partition coefficient (Wildman–Crippen LogP) is 1.59. The van der Waals surface area contributed by atoms with Crippen LogP contribution in [0, 0.1) is 36.1 Å². The Morgan fingerprint density at radius 1 is 1.06 bits per heavy atom. The molecule has 1 amide bonds. The standard InChI is InChI=1S/C38H61N3O11/c1-3-4-5-6-7-21(2)24(16-22-14-15-40-18-22)19-41-20-38(49)34(45)31(44)33(36(47)48)52-37(38)50-26-12-13-27-28(17-26)51-32(35(39)46)29(30(27)43)23-8-10-25(42)11-9-23/h14-15,18,21,23-34,37,41-45,49H,3-13,16-17,19-20H2,1-2H3,(H2-,39,46,47,48)/p+1. The molecule has 14 heteroatoms. The lowest BCUT2D eigenvalue weighted by molar-refractivity contribution is -0.346. The van der Waals surface area contributed by atoms with Crippen molar-refractivity contribution in [1.29, 1.82) is 0 Å². The van der Waals surface area contributed by atoms with Gasteiger partial charge in [-0.25, -0.2) is 4.79 Å². The van der Waals surface area contributed by atoms with Gasteiger partial charge in [-0.05, 0) is 62.8 Å². The molecule has 0 aromatic rings. The number of unbranched alkanes of at least 4 members (excludes halogenated alkanes) is 3. The van der Waals surface area contributed by atoms with Gasteiger partial charge < -0.3 is 55.9 Å². The lowest BCUT2D eigenvalue weighted by atomic mass is 9.66. The molecule has 2 saturated carbocycles. The quantitative estimate of drug-likeness (QED) is 0.0786. The molecule has 5 rings (SSSR count). The van der Waals surface area contributed by atoms with Gasteiger partial charge in [-0.15, -0.1) is 4.99 Å². The van der Waals surface area contributed by atoms with Gasteiger partial charge in [0.25, 0.3) is 0 Å². The number of amides is 1. The van der Waals surface area contributed by atoms with Crippen molar-refractivity contribution in [3.63, 3.8) is 0 Å². The van der Waals surface area contributed by atoms with E-state index in [-0.39, 0.29) is 30.7 Å². The monoisotopic (exact) mass is 736 g/mol. The van der Waals surface area contributed by atoms with Crippen LogP contribution in [-0.2, 0) is 23.8 Å². The van der Waals surface area contributed by atoms with Gasteiger partial charge in [0.1, 0.15) is 30.4 Å². The van der Waals surface area contributed by atoms with Gasteiger partial charge >= 0.3 is 5.97 Å². The van der Waals surface area contributed by atoms with Crippen LogP contribution in [-0.4, -0.2) is 123 Å². The highest BCUT2D eigenvalue weighted by Crippen LogP contribution is 2.46. The Morgan fingerprint density at radius 3 is 2.46 bits per heavy atom. The van der Waals surface area contributed by atoms with E-state index in [2.05, 4.69) is 24.2 Å². The molecule has 13 unspecified atom stereocenters. The minimum absolute atomic E-state index is 0.0187. The van der Waals surface area contributed by atoms with E-state index in [9.17, 15) is 40.2 Å². The molecule has 2 saturated heterocycles. The van der Waals surface area contributed by atoms with Crippen molar-refractivity contribution in [2.24, 2.45) is 40.3 Å². The number of nitrogens with one attached hydrogen (secondary N) is 1. The molecule has 3 heterocycles. The molecule has 13 atom stereocenters. The Bertz CT molecular complexity index is 1240. The van der Waals surface area contributed by atoms with Crippen molar-refractivity contribution < 1.29 is 54.4 Å². The van der Waals surface area contributed by atoms with E-state index in [4.69, 9.17) is 19.9 Å². The number of carbonyl (C=O) groups excluding carboxylic acids is 1. The number of fused-ring (bicyclic) bond motifs is 1. The second kappa shape index (κ2) is 18.5. The Balaban J connectivity index is 1.27. The van der Waals surface area contributed by atoms with Crippen LogP contribution >= 0.6 is 0 Å². The third-order valence-electron chi connectivity index (χ3n) is 12.5. The average molecular weight is 737 g/mol. The normalized spacial score (nSPS) is 40.3. The summed E-state index contributed by atoms with van der Waals surface area (Å²) in [4.78, 5) is 28.9. The van der Waals surface area contributed by atoms with Crippen LogP contribution in [0.25, 0.3) is 0 Å². The second-order valence-corrected chi connectivity index (χ2v) is 16.1. The van der Waals surface area contributed by atoms with Crippen molar-refractivity contribution in [2.75, 3.05) is 13.1 Å². The number of primary amides is 1. The number of aliphatic imine (C=N–C) groups is 1. The first-order valence-electron chi connectivity index (χ1n) is 19.5. The number of ether oxygens (including phenoxy) is 3. The van der Waals surface area contributed by atoms with E-state index in [1.807, 2.05) is 12.3 Å². The number of carbonyl (C=O) groups is 2. The number of aliphatic carboxylic acids is 1. The van der Waals surface area contributed by atoms with E-state index >= 15 is 0 Å². The Labute approximate surface area is 307 Å². The number of allylic oxidation sites excluding steroid dienone is 1. The minimum Gasteiger partial charge on any atom is -0.479 e. The number of aliphatic hydroxyl groups is 5. The highest BCUT2D eigenvalue weighted by Gasteiger charge is 2.59. The molecule has 14 nitrogen and oxygen atoms in total. The molecule has 294 valence electrons. The molecule has 9 N–H and O–H groups in total. The van der Waals surface area contributed by atoms with Gasteiger partial charge in [-0.3, -0.25) is 4.79 Å². The highest BCUT2D eigenvalue weighted by atomic mass is 16.7. The van der Waals surface area contributed by atoms with Crippen molar-refractivity contribution in [3.8, 4) is 0 Å². The molecular weight excluding hydrogens is 674 g/mol. The Hall–Kier alpha value is -2.14. The summed E-state index contributed by atoms with van der Waals surface area (Å²) in [5.74, 6) is -2.50. The summed E-state index contributed by atoms with van der Waals surface area (Å²) < 4.78 is 18.3. The summed E-state index contributed by atoms with van der Waals surface area (Å²) >= 11 is 0. The van der Waals surface area contributed by atoms with Crippen molar-refractivity contribution >= 4 is 18.1 Å². The van der Waals surface area contributed by atoms with Crippen molar-refractivity contribution in [3.05, 3.63) is 18.2 Å². The molecule has 0 spiro atoms. The molecule has 0 aromatic carbocycles. The molecule has 4 fully saturated rings. The van der Waals surface area contributed by atoms with Gasteiger partial charge in [0.05, 0.1) is 30.5 Å². The fraction of sp³-hybridized carbons (Fsp3) is 0.842. The van der Waals surface area contributed by atoms with Crippen molar-refractivity contribution in [1.82, 2.24) is 5.32 Å². The molecule has 3 aliphatic heterocycles. The van der Waals surface area contributed by atoms with Gasteiger partial charge in [0.2, 0.25) is 5.91 Å². The van der Waals surface area contributed by atoms with E-state index in [0.29, 0.717) is 51.0 Å². The van der Waals surface area contributed by atoms with Gasteiger partial charge in [-0.1, -0.05) is 46.0 Å². The van der Waals surface area contributed by atoms with Crippen LogP contribution in [0.2, 0.25) is 0 Å². The number of carboxylic acids is 1. The molecule has 0 radical (unpaired) electrons. The summed E-state index contributed by atoms with van der Waals surface area (Å²) in [7, 11) is 0. The number of hydrogen-bond donors (Lipinski definition) is 8. The average Bonchev–Trinajstić information content (AvgIpc) is 3.63. The summed E-state index contributed by atoms with van der Waals surface area (Å²) in [5.41, 5.74) is 4.68. The number of nitrogens with two attached hydrogens (primary N) is 1. The van der Waals surface area contributed by atoms with Crippen LogP contribution in [0.1, 0.15) is 97.3 Å². The molecule has 5 aliphatic rings. The lowest BCUT2D eigenvalue weighted by Crippen LogP contribution is -2.71. The molecule has 52 heavy (non-hydrogen) atoms. The SMILES string of the molecule is CCCCCCC(C)C(CNCC1(O)C(OC2CCC3C(C2)OC(C(N)=O)C(C2CCC(O)CC2)C3O)OC(C(=O)O)C(O)C1O)CC1=C[CH+]N=C1. The van der Waals surface area contributed by atoms with E-state index in [1.54, 1.807) is 6.54 Å². The van der Waals surface area contributed by atoms with Crippen LogP contribution in [0.5, 0.6) is 0 Å². The zero-order chi connectivity index (χ0) is 37.6. The van der Waals surface area contributed by atoms with E-state index < -0.39 is 78.5 Å². The summed E-state index contributed by atoms with van der Waals surface area (Å²) in [6.45, 7) is 6.36. The van der Waals surface area contributed by atoms with Gasteiger partial charge in [0.15, 0.2) is 24.2 Å². The number of aliphatic hydroxyl groups excluding tert-OH is 4. The number of nitrogens with zero attached hydrogens (tertiary/aromatic N) is 1. The fourth-order valence-electron chi connectivity index (χ4n) is 9.25. The smallest absolute Gasteiger partial charge is 0.335 e. The first-order chi connectivity index (χ1) is 24.8. The number of rotatable bonds is 17. The predicted molar refractivity (Wildman–Crippen MR) is 191 cm³/mol. The van der Waals surface area contributed by atoms with Crippen LogP contribution in [0.15, 0.2) is 16.6 Å². The van der Waals surface area contributed by atoms with Crippen LogP contribution < -0.4 is 11.1 Å². The zero-order valence-corrected chi connectivity index (χ0v) is 30.7. The summed E-state index contributed by atoms with van der Waals surface area (Å²) in [6.07, 6.45) is 2.91. The summed E-state index contributed by atoms with van der Waals surface area (Å²) in [6, 6.07) is 0. The van der Waals surface area contributed by atoms with E-state index in [1.165, 1.54) is 6.42 Å². The maximum absolute atomic E-state index is 12.6. The highest BCUT2D eigenvalue weighted by molar-refractivity contribution is 5.82. The molecule has 0 aromatic heterocycles. The zero-order valence-electron chi connectivity index (χ0n) is 30.7. The Kier molecular flexibility index (Phi) is 14.6. The van der Waals surface area contributed by atoms with Crippen LogP contribution in [0.4, 0.5) is 0 Å². The first-order valence-corrected chi connectivity index (χ1v) is 19.5. The first kappa shape index (κ1) is 41.0. The lowest BCUT2D eigenvalue weighted by Gasteiger charge is -2.52. The van der Waals surface area contributed by atoms with Crippen LogP contribution in [0.3, 0.4) is 0 Å². The largest absolute Gasteiger partial charge is 0.479 e. The third kappa shape index (κ3) is 9.56. The second-order valence-electron chi connectivity index (χ2n) is 16.1. The Morgan fingerprint density at radius 2 is 1.81 bits per heavy atom. The summed E-state index contributed by atoms with van der Waals surface area (Å²) in [5, 5.41) is 68.8. The molecule has 2 aliphatic carbocycles. The maximum Gasteiger partial charge on any atom is 0.335 e. The van der Waals surface area contributed by atoms with Gasteiger partial charge in [-0.2, -0.15) is 0 Å². The van der Waals surface area contributed by atoms with E-state index in [0.717, 1.165) is 37.7 Å². The minimum atomic E-state index is -2.22. The number of hydrogen-bond acceptors (Lipinski definition) is 12. The van der Waals surface area contributed by atoms with Crippen molar-refractivity contribution in [2.45, 2.75) is 158 Å². The maximum atomic E-state index is 12.6. The molecule has 0 bridgehead atoms. The fourth-order valence-corrected chi connectivity index (χ4v) is 9.25. The molecular formula is C38H62N3O11+. The van der Waals surface area contributed by atoms with Gasteiger partial charge in [0, 0.05) is 31.2 Å². The number of carboxylic acid groups (broad SMARTS) is 1. The topological polar surface area (TPSA) is 234 Å². The third-order valence-corrected chi connectivity index (χ3v) is 12.5.